The minimum atomic E-state index is -0.512. The zero-order chi connectivity index (χ0) is 22.1. The molecule has 158 valence electrons. The number of fused-ring (bicyclic) bond motifs is 1. The first-order chi connectivity index (χ1) is 14.8. The number of benzene rings is 2. The van der Waals surface area contributed by atoms with Crippen LogP contribution in [0, 0.1) is 5.82 Å². The maximum atomic E-state index is 13.2. The van der Waals surface area contributed by atoms with E-state index in [0.717, 1.165) is 6.07 Å². The number of rotatable bonds is 5. The summed E-state index contributed by atoms with van der Waals surface area (Å²) in [6.45, 7) is 3.63. The molecule has 2 aromatic carbocycles. The number of para-hydroxylation sites is 1. The van der Waals surface area contributed by atoms with Gasteiger partial charge in [-0.3, -0.25) is 14.2 Å². The van der Waals surface area contributed by atoms with Gasteiger partial charge in [0.25, 0.3) is 11.4 Å². The molecule has 0 bridgehead atoms. The largest absolute Gasteiger partial charge is 0.334 e. The highest BCUT2D eigenvalue weighted by Crippen LogP contribution is 2.27. The van der Waals surface area contributed by atoms with E-state index in [1.165, 1.54) is 22.8 Å². The van der Waals surface area contributed by atoms with E-state index in [-0.39, 0.29) is 29.1 Å². The Morgan fingerprint density at radius 2 is 2.00 bits per heavy atom. The molecule has 0 fully saturated rings. The van der Waals surface area contributed by atoms with E-state index in [9.17, 15) is 14.0 Å². The van der Waals surface area contributed by atoms with Crippen LogP contribution in [0.2, 0.25) is 5.02 Å². The van der Waals surface area contributed by atoms with E-state index in [2.05, 4.69) is 15.5 Å². The van der Waals surface area contributed by atoms with Crippen LogP contribution in [-0.4, -0.2) is 20.6 Å². The van der Waals surface area contributed by atoms with Crippen LogP contribution in [0.4, 0.5) is 10.1 Å². The SMILES string of the molecule is CC(C)c1noc(-c2cc(=O)n(CC(=O)Nc3ccc(F)cc3Cl)c3ccccc23)n1. The molecule has 9 heteroatoms. The normalized spacial score (nSPS) is 11.3. The summed E-state index contributed by atoms with van der Waals surface area (Å²) in [7, 11) is 0. The van der Waals surface area contributed by atoms with Crippen molar-refractivity contribution in [1.29, 1.82) is 0 Å². The van der Waals surface area contributed by atoms with Crippen molar-refractivity contribution in [3.63, 3.8) is 0 Å². The van der Waals surface area contributed by atoms with E-state index in [1.54, 1.807) is 12.1 Å². The number of pyridine rings is 1. The minimum Gasteiger partial charge on any atom is -0.334 e. The number of amides is 1. The first-order valence-corrected chi connectivity index (χ1v) is 9.92. The first kappa shape index (κ1) is 20.7. The Bertz CT molecular complexity index is 1350. The van der Waals surface area contributed by atoms with Gasteiger partial charge in [-0.2, -0.15) is 4.98 Å². The van der Waals surface area contributed by atoms with Gasteiger partial charge in [0, 0.05) is 17.4 Å². The van der Waals surface area contributed by atoms with Crippen LogP contribution in [-0.2, 0) is 11.3 Å². The summed E-state index contributed by atoms with van der Waals surface area (Å²) in [6.07, 6.45) is 0. The predicted molar refractivity (Wildman–Crippen MR) is 116 cm³/mol. The highest BCUT2D eigenvalue weighted by molar-refractivity contribution is 6.33. The average Bonchev–Trinajstić information content (AvgIpc) is 3.22. The molecule has 1 amide bonds. The highest BCUT2D eigenvalue weighted by Gasteiger charge is 2.18. The molecule has 0 aliphatic carbocycles. The van der Waals surface area contributed by atoms with Crippen LogP contribution in [0.5, 0.6) is 0 Å². The van der Waals surface area contributed by atoms with Gasteiger partial charge in [-0.1, -0.05) is 48.8 Å². The Morgan fingerprint density at radius 3 is 2.71 bits per heavy atom. The van der Waals surface area contributed by atoms with Crippen molar-refractivity contribution in [2.75, 3.05) is 5.32 Å². The summed E-state index contributed by atoms with van der Waals surface area (Å²) in [6, 6.07) is 12.2. The molecule has 0 aliphatic rings. The number of anilines is 1. The Labute approximate surface area is 181 Å². The molecule has 0 spiro atoms. The lowest BCUT2D eigenvalue weighted by molar-refractivity contribution is -0.116. The number of hydrogen-bond donors (Lipinski definition) is 1. The molecule has 1 N–H and O–H groups in total. The molecule has 4 aromatic rings. The van der Waals surface area contributed by atoms with Crippen molar-refractivity contribution >= 4 is 34.1 Å². The van der Waals surface area contributed by atoms with Gasteiger partial charge in [-0.25, -0.2) is 4.39 Å². The average molecular weight is 441 g/mol. The lowest BCUT2D eigenvalue weighted by Gasteiger charge is -2.13. The van der Waals surface area contributed by atoms with Crippen LogP contribution in [0.15, 0.2) is 57.8 Å². The number of nitrogens with one attached hydrogen (secondary N) is 1. The molecule has 2 heterocycles. The third-order valence-corrected chi connectivity index (χ3v) is 5.03. The van der Waals surface area contributed by atoms with E-state index in [4.69, 9.17) is 16.1 Å². The van der Waals surface area contributed by atoms with E-state index >= 15 is 0 Å². The number of carbonyl (C=O) groups excluding carboxylic acids is 1. The monoisotopic (exact) mass is 440 g/mol. The van der Waals surface area contributed by atoms with Crippen LogP contribution >= 0.6 is 11.6 Å². The molecule has 4 rings (SSSR count). The topological polar surface area (TPSA) is 90.0 Å². The van der Waals surface area contributed by atoms with Crippen LogP contribution in [0.25, 0.3) is 22.4 Å². The molecule has 0 atom stereocenters. The second-order valence-electron chi connectivity index (χ2n) is 7.28. The van der Waals surface area contributed by atoms with Crippen LogP contribution in [0.3, 0.4) is 0 Å². The van der Waals surface area contributed by atoms with Gasteiger partial charge in [-0.05, 0) is 24.3 Å². The fourth-order valence-electron chi connectivity index (χ4n) is 3.18. The molecular formula is C22H18ClFN4O3. The van der Waals surface area contributed by atoms with Gasteiger partial charge in [0.1, 0.15) is 12.4 Å². The fraction of sp³-hybridized carbons (Fsp3) is 0.182. The standard InChI is InChI=1S/C22H18ClFN4O3/c1-12(2)21-26-22(31-27-21)15-10-20(30)28(18-6-4-3-5-14(15)18)11-19(29)25-17-8-7-13(24)9-16(17)23/h3-10,12H,11H2,1-2H3,(H,25,29). The number of halogens is 2. The second kappa shape index (κ2) is 8.31. The molecule has 0 radical (unpaired) electrons. The molecule has 7 nitrogen and oxygen atoms in total. The molecule has 0 saturated carbocycles. The van der Waals surface area contributed by atoms with Gasteiger partial charge < -0.3 is 9.84 Å². The first-order valence-electron chi connectivity index (χ1n) is 9.55. The summed E-state index contributed by atoms with van der Waals surface area (Å²) in [5, 5.41) is 7.32. The van der Waals surface area contributed by atoms with Crippen molar-refractivity contribution in [1.82, 2.24) is 14.7 Å². The summed E-state index contributed by atoms with van der Waals surface area (Å²) in [4.78, 5) is 29.9. The molecule has 0 saturated heterocycles. The second-order valence-corrected chi connectivity index (χ2v) is 7.69. The number of hydrogen-bond acceptors (Lipinski definition) is 5. The zero-order valence-corrected chi connectivity index (χ0v) is 17.5. The highest BCUT2D eigenvalue weighted by atomic mass is 35.5. The third kappa shape index (κ3) is 4.20. The summed E-state index contributed by atoms with van der Waals surface area (Å²) >= 11 is 5.97. The summed E-state index contributed by atoms with van der Waals surface area (Å²) in [5.41, 5.74) is 0.889. The summed E-state index contributed by atoms with van der Waals surface area (Å²) in [5.74, 6) is -0.132. The molecule has 0 unspecified atom stereocenters. The number of nitrogens with zero attached hydrogens (tertiary/aromatic N) is 3. The fourth-order valence-corrected chi connectivity index (χ4v) is 3.39. The lowest BCUT2D eigenvalue weighted by Crippen LogP contribution is -2.27. The predicted octanol–water partition coefficient (Wildman–Crippen LogP) is 4.61. The van der Waals surface area contributed by atoms with Crippen molar-refractivity contribution in [3.05, 3.63) is 75.5 Å². The quantitative estimate of drug-likeness (QED) is 0.489. The Hall–Kier alpha value is -3.52. The van der Waals surface area contributed by atoms with Gasteiger partial charge in [0.2, 0.25) is 5.91 Å². The molecular weight excluding hydrogens is 423 g/mol. The Kier molecular flexibility index (Phi) is 5.56. The molecule has 2 aromatic heterocycles. The van der Waals surface area contributed by atoms with Gasteiger partial charge in [-0.15, -0.1) is 0 Å². The lowest BCUT2D eigenvalue weighted by atomic mass is 10.1. The minimum absolute atomic E-state index is 0.0678. The van der Waals surface area contributed by atoms with Crippen LogP contribution < -0.4 is 10.9 Å². The van der Waals surface area contributed by atoms with E-state index in [1.807, 2.05) is 26.0 Å². The third-order valence-electron chi connectivity index (χ3n) is 4.71. The Balaban J connectivity index is 1.71. The van der Waals surface area contributed by atoms with E-state index < -0.39 is 17.3 Å². The van der Waals surface area contributed by atoms with Crippen molar-refractivity contribution in [2.45, 2.75) is 26.3 Å². The van der Waals surface area contributed by atoms with E-state index in [0.29, 0.717) is 22.3 Å². The smallest absolute Gasteiger partial charge is 0.258 e. The molecule has 31 heavy (non-hydrogen) atoms. The summed E-state index contributed by atoms with van der Waals surface area (Å²) < 4.78 is 19.9. The van der Waals surface area contributed by atoms with Gasteiger partial charge in [0.05, 0.1) is 21.8 Å². The zero-order valence-electron chi connectivity index (χ0n) is 16.7. The maximum Gasteiger partial charge on any atom is 0.258 e. The molecule has 0 aliphatic heterocycles. The number of aromatic nitrogens is 3. The van der Waals surface area contributed by atoms with Crippen molar-refractivity contribution in [3.8, 4) is 11.5 Å². The van der Waals surface area contributed by atoms with Crippen molar-refractivity contribution < 1.29 is 13.7 Å². The Morgan fingerprint density at radius 1 is 1.23 bits per heavy atom. The maximum absolute atomic E-state index is 13.2. The van der Waals surface area contributed by atoms with Gasteiger partial charge >= 0.3 is 0 Å². The number of carbonyl (C=O) groups is 1. The van der Waals surface area contributed by atoms with Crippen molar-refractivity contribution in [2.24, 2.45) is 0 Å². The van der Waals surface area contributed by atoms with Gasteiger partial charge in [0.15, 0.2) is 5.82 Å². The van der Waals surface area contributed by atoms with Crippen LogP contribution in [0.1, 0.15) is 25.6 Å².